The maximum absolute atomic E-state index is 4.84. The van der Waals surface area contributed by atoms with Crippen molar-refractivity contribution in [2.24, 2.45) is 9.98 Å². The fourth-order valence-electron chi connectivity index (χ4n) is 0.278. The molecule has 0 bridgehead atoms. The quantitative estimate of drug-likeness (QED) is 0.326. The van der Waals surface area contributed by atoms with Crippen LogP contribution in [0.4, 0.5) is 0 Å². The molecule has 0 N–H and O–H groups in total. The van der Waals surface area contributed by atoms with Crippen LogP contribution in [-0.2, 0) is 4.74 Å². The van der Waals surface area contributed by atoms with Crippen molar-refractivity contribution >= 4 is 12.6 Å². The molecule has 0 aliphatic heterocycles. The van der Waals surface area contributed by atoms with Crippen molar-refractivity contribution in [2.45, 2.75) is 13.8 Å². The summed E-state index contributed by atoms with van der Waals surface area (Å²) in [6.07, 6.45) is 1.60. The van der Waals surface area contributed by atoms with Gasteiger partial charge >= 0.3 is 0 Å². The van der Waals surface area contributed by atoms with E-state index in [2.05, 4.69) is 16.7 Å². The molecule has 0 aromatic carbocycles. The van der Waals surface area contributed by atoms with E-state index < -0.39 is 0 Å². The molecule has 0 aliphatic carbocycles. The van der Waals surface area contributed by atoms with Crippen molar-refractivity contribution in [1.29, 1.82) is 0 Å². The van der Waals surface area contributed by atoms with Gasteiger partial charge in [0, 0.05) is 0 Å². The molecule has 3 heteroatoms. The second-order valence-corrected chi connectivity index (χ2v) is 1.78. The first kappa shape index (κ1) is 8.88. The lowest BCUT2D eigenvalue weighted by Crippen LogP contribution is -1.82. The molecule has 0 unspecified atom stereocenters. The number of allylic oxidation sites excluding steroid dienone is 1. The van der Waals surface area contributed by atoms with Gasteiger partial charge in [-0.25, -0.2) is 9.98 Å². The molecular formula is C7H12N2O. The van der Waals surface area contributed by atoms with Crippen LogP contribution in [0.25, 0.3) is 0 Å². The summed E-state index contributed by atoms with van der Waals surface area (Å²) in [5, 5.41) is 0. The Morgan fingerprint density at radius 3 is 2.50 bits per heavy atom. The summed E-state index contributed by atoms with van der Waals surface area (Å²) < 4.78 is 4.84. The van der Waals surface area contributed by atoms with Gasteiger partial charge in [0.2, 0.25) is 0 Å². The Morgan fingerprint density at radius 1 is 1.50 bits per heavy atom. The van der Waals surface area contributed by atoms with E-state index in [0.29, 0.717) is 5.84 Å². The van der Waals surface area contributed by atoms with Crippen LogP contribution in [0, 0.1) is 0 Å². The molecule has 0 amide bonds. The third-order valence-corrected chi connectivity index (χ3v) is 0.984. The summed E-state index contributed by atoms with van der Waals surface area (Å²) in [5.41, 5.74) is 0. The number of nitrogens with zero attached hydrogens (tertiary/aromatic N) is 2. The highest BCUT2D eigenvalue weighted by molar-refractivity contribution is 5.84. The molecule has 0 fully saturated rings. The molecule has 0 aliphatic rings. The minimum Gasteiger partial charge on any atom is -0.500 e. The standard InChI is InChI=1S/C7H12N2O/c1-6(10-4)5-9-7(2)8-3/h5H,3H2,1-2,4H3/b6-5+,9-7?. The van der Waals surface area contributed by atoms with Crippen molar-refractivity contribution in [3.63, 3.8) is 0 Å². The van der Waals surface area contributed by atoms with Crippen LogP contribution in [0.3, 0.4) is 0 Å². The van der Waals surface area contributed by atoms with Gasteiger partial charge in [-0.1, -0.05) is 0 Å². The predicted octanol–water partition coefficient (Wildman–Crippen LogP) is 1.61. The third-order valence-electron chi connectivity index (χ3n) is 0.984. The number of amidine groups is 1. The minimum atomic E-state index is 0.636. The summed E-state index contributed by atoms with van der Waals surface area (Å²) in [6.45, 7) is 6.90. The Morgan fingerprint density at radius 2 is 2.10 bits per heavy atom. The third kappa shape index (κ3) is 3.83. The molecule has 3 nitrogen and oxygen atoms in total. The van der Waals surface area contributed by atoms with Gasteiger partial charge in [0.1, 0.15) is 11.6 Å². The molecule has 0 aromatic rings. The number of hydrogen-bond donors (Lipinski definition) is 0. The fraction of sp³-hybridized carbons (Fsp3) is 0.429. The second kappa shape index (κ2) is 4.73. The maximum atomic E-state index is 4.84. The summed E-state index contributed by atoms with van der Waals surface area (Å²) >= 11 is 0. The van der Waals surface area contributed by atoms with Crippen LogP contribution in [-0.4, -0.2) is 19.7 Å². The number of aliphatic imine (C=N–C) groups is 2. The highest BCUT2D eigenvalue weighted by Gasteiger charge is 1.81. The summed E-state index contributed by atoms with van der Waals surface area (Å²) in [7, 11) is 1.60. The van der Waals surface area contributed by atoms with E-state index in [1.807, 2.05) is 6.92 Å². The average Bonchev–Trinajstić information content (AvgIpc) is 1.99. The molecule has 0 aromatic heterocycles. The van der Waals surface area contributed by atoms with E-state index in [9.17, 15) is 0 Å². The normalized spacial score (nSPS) is 13.1. The van der Waals surface area contributed by atoms with Crippen LogP contribution in [0.1, 0.15) is 13.8 Å². The topological polar surface area (TPSA) is 34.0 Å². The van der Waals surface area contributed by atoms with E-state index in [-0.39, 0.29) is 0 Å². The van der Waals surface area contributed by atoms with Gasteiger partial charge in [0.25, 0.3) is 0 Å². The molecule has 0 atom stereocenters. The predicted molar refractivity (Wildman–Crippen MR) is 43.4 cm³/mol. The Labute approximate surface area is 61.1 Å². The van der Waals surface area contributed by atoms with Crippen molar-refractivity contribution in [1.82, 2.24) is 0 Å². The second-order valence-electron chi connectivity index (χ2n) is 1.78. The largest absolute Gasteiger partial charge is 0.500 e. The van der Waals surface area contributed by atoms with E-state index in [0.717, 1.165) is 5.76 Å². The van der Waals surface area contributed by atoms with Crippen LogP contribution >= 0.6 is 0 Å². The molecule has 0 rings (SSSR count). The number of rotatable bonds is 2. The maximum Gasteiger partial charge on any atom is 0.124 e. The number of methoxy groups -OCH3 is 1. The Bertz CT molecular complexity index is 170. The van der Waals surface area contributed by atoms with E-state index >= 15 is 0 Å². The molecule has 0 heterocycles. The Hall–Kier alpha value is -1.12. The molecular weight excluding hydrogens is 128 g/mol. The molecule has 56 valence electrons. The Balaban J connectivity index is 4.03. The zero-order valence-electron chi connectivity index (χ0n) is 6.59. The van der Waals surface area contributed by atoms with Crippen LogP contribution in [0.15, 0.2) is 21.9 Å². The van der Waals surface area contributed by atoms with Gasteiger partial charge in [-0.05, 0) is 20.6 Å². The van der Waals surface area contributed by atoms with Crippen molar-refractivity contribution in [3.05, 3.63) is 12.0 Å². The summed E-state index contributed by atoms with van der Waals surface area (Å²) in [4.78, 5) is 7.51. The van der Waals surface area contributed by atoms with Gasteiger partial charge in [0.05, 0.1) is 13.3 Å². The van der Waals surface area contributed by atoms with Gasteiger partial charge in [-0.3, -0.25) is 0 Å². The lowest BCUT2D eigenvalue weighted by molar-refractivity contribution is 0.292. The molecule has 10 heavy (non-hydrogen) atoms. The van der Waals surface area contributed by atoms with Crippen LogP contribution in [0.5, 0.6) is 0 Å². The first-order valence-electron chi connectivity index (χ1n) is 2.92. The lowest BCUT2D eigenvalue weighted by Gasteiger charge is -1.93. The van der Waals surface area contributed by atoms with Gasteiger partial charge in [-0.15, -0.1) is 0 Å². The van der Waals surface area contributed by atoms with Crippen molar-refractivity contribution < 1.29 is 4.74 Å². The fourth-order valence-corrected chi connectivity index (χ4v) is 0.278. The van der Waals surface area contributed by atoms with Crippen LogP contribution < -0.4 is 0 Å². The monoisotopic (exact) mass is 140 g/mol. The average molecular weight is 140 g/mol. The van der Waals surface area contributed by atoms with Gasteiger partial charge in [0.15, 0.2) is 0 Å². The minimum absolute atomic E-state index is 0.636. The zero-order chi connectivity index (χ0) is 7.98. The Kier molecular flexibility index (Phi) is 4.20. The summed E-state index contributed by atoms with van der Waals surface area (Å²) in [5.74, 6) is 1.39. The van der Waals surface area contributed by atoms with Crippen molar-refractivity contribution in [2.75, 3.05) is 7.11 Å². The van der Waals surface area contributed by atoms with Gasteiger partial charge in [-0.2, -0.15) is 0 Å². The van der Waals surface area contributed by atoms with E-state index in [1.165, 1.54) is 0 Å². The highest BCUT2D eigenvalue weighted by Crippen LogP contribution is 1.92. The number of ether oxygens (including phenoxy) is 1. The lowest BCUT2D eigenvalue weighted by atomic mass is 10.6. The van der Waals surface area contributed by atoms with Crippen molar-refractivity contribution in [3.8, 4) is 0 Å². The molecule has 0 saturated carbocycles. The van der Waals surface area contributed by atoms with Gasteiger partial charge < -0.3 is 4.74 Å². The zero-order valence-corrected chi connectivity index (χ0v) is 6.59. The SMILES string of the molecule is C=NC(C)=N/C=C(\C)OC. The highest BCUT2D eigenvalue weighted by atomic mass is 16.5. The first-order valence-corrected chi connectivity index (χ1v) is 2.92. The summed E-state index contributed by atoms with van der Waals surface area (Å²) in [6, 6.07) is 0. The van der Waals surface area contributed by atoms with Crippen LogP contribution in [0.2, 0.25) is 0 Å². The first-order chi connectivity index (χ1) is 4.70. The van der Waals surface area contributed by atoms with E-state index in [4.69, 9.17) is 4.74 Å². The number of hydrogen-bond acceptors (Lipinski definition) is 2. The molecule has 0 radical (unpaired) electrons. The molecule has 0 saturated heterocycles. The molecule has 0 spiro atoms. The smallest absolute Gasteiger partial charge is 0.124 e. The van der Waals surface area contributed by atoms with E-state index in [1.54, 1.807) is 20.2 Å².